The minimum atomic E-state index is -0.890. The number of rotatable bonds is 3. The fourth-order valence-corrected chi connectivity index (χ4v) is 2.70. The van der Waals surface area contributed by atoms with Crippen molar-refractivity contribution in [2.45, 2.75) is 10.1 Å². The van der Waals surface area contributed by atoms with E-state index in [1.807, 2.05) is 12.1 Å². The highest BCUT2D eigenvalue weighted by Gasteiger charge is 2.22. The van der Waals surface area contributed by atoms with E-state index in [1.54, 1.807) is 17.8 Å². The first kappa shape index (κ1) is 11.0. The molecule has 0 spiro atoms. The third-order valence-electron chi connectivity index (χ3n) is 2.07. The molecule has 5 heteroatoms. The van der Waals surface area contributed by atoms with Gasteiger partial charge in [0.05, 0.1) is 24.0 Å². The maximum Gasteiger partial charge on any atom is 0.336 e. The van der Waals surface area contributed by atoms with Crippen LogP contribution in [0.4, 0.5) is 0 Å². The Balaban J connectivity index is 2.23. The molecule has 0 aliphatic carbocycles. The van der Waals surface area contributed by atoms with Crippen LogP contribution in [0.3, 0.4) is 0 Å². The van der Waals surface area contributed by atoms with E-state index in [0.29, 0.717) is 24.0 Å². The predicted octanol–water partition coefficient (Wildman–Crippen LogP) is 2.64. The largest absolute Gasteiger partial charge is 0.478 e. The average Bonchev–Trinajstić information content (AvgIpc) is 2.12. The predicted molar refractivity (Wildman–Crippen MR) is 61.6 cm³/mol. The van der Waals surface area contributed by atoms with Crippen LogP contribution in [-0.2, 0) is 4.74 Å². The SMILES string of the molecule is O=C(O)c1cc(Br)ccc1SC1COC1. The van der Waals surface area contributed by atoms with E-state index in [2.05, 4.69) is 15.9 Å². The average molecular weight is 289 g/mol. The molecule has 0 unspecified atom stereocenters. The Kier molecular flexibility index (Phi) is 3.33. The summed E-state index contributed by atoms with van der Waals surface area (Å²) in [4.78, 5) is 11.8. The van der Waals surface area contributed by atoms with Crippen molar-refractivity contribution in [3.63, 3.8) is 0 Å². The molecule has 1 N–H and O–H groups in total. The number of benzene rings is 1. The normalized spacial score (nSPS) is 16.1. The zero-order valence-electron chi connectivity index (χ0n) is 7.77. The fourth-order valence-electron chi connectivity index (χ4n) is 1.23. The van der Waals surface area contributed by atoms with Gasteiger partial charge in [0, 0.05) is 9.37 Å². The standard InChI is InChI=1S/C10H9BrO3S/c11-6-1-2-9(8(3-6)10(12)13)15-7-4-14-5-7/h1-3,7H,4-5H2,(H,12,13). The topological polar surface area (TPSA) is 46.5 Å². The Morgan fingerprint density at radius 3 is 2.80 bits per heavy atom. The lowest BCUT2D eigenvalue weighted by Crippen LogP contribution is -2.30. The van der Waals surface area contributed by atoms with Crippen LogP contribution in [-0.4, -0.2) is 29.5 Å². The Hall–Kier alpha value is -0.520. The molecule has 3 nitrogen and oxygen atoms in total. The van der Waals surface area contributed by atoms with Crippen LogP contribution in [0.5, 0.6) is 0 Å². The number of hydrogen-bond donors (Lipinski definition) is 1. The van der Waals surface area contributed by atoms with E-state index in [4.69, 9.17) is 9.84 Å². The van der Waals surface area contributed by atoms with Gasteiger partial charge in [-0.1, -0.05) is 15.9 Å². The smallest absolute Gasteiger partial charge is 0.336 e. The Morgan fingerprint density at radius 2 is 2.27 bits per heavy atom. The van der Waals surface area contributed by atoms with Gasteiger partial charge in [-0.3, -0.25) is 0 Å². The van der Waals surface area contributed by atoms with Crippen LogP contribution in [0, 0.1) is 0 Å². The monoisotopic (exact) mass is 288 g/mol. The number of halogens is 1. The van der Waals surface area contributed by atoms with Gasteiger partial charge in [-0.05, 0) is 18.2 Å². The number of carbonyl (C=O) groups is 1. The summed E-state index contributed by atoms with van der Waals surface area (Å²) in [5, 5.41) is 9.42. The third-order valence-corrected chi connectivity index (χ3v) is 3.78. The number of carboxylic acids is 1. The Labute approximate surface area is 99.9 Å². The van der Waals surface area contributed by atoms with E-state index >= 15 is 0 Å². The minimum Gasteiger partial charge on any atom is -0.478 e. The lowest BCUT2D eigenvalue weighted by Gasteiger charge is -2.25. The highest BCUT2D eigenvalue weighted by molar-refractivity contribution is 9.10. The summed E-state index contributed by atoms with van der Waals surface area (Å²) >= 11 is 4.83. The summed E-state index contributed by atoms with van der Waals surface area (Å²) in [7, 11) is 0. The van der Waals surface area contributed by atoms with Crippen molar-refractivity contribution in [3.05, 3.63) is 28.2 Å². The Bertz CT molecular complexity index is 390. The molecule has 0 saturated carbocycles. The number of ether oxygens (including phenoxy) is 1. The molecular formula is C10H9BrO3S. The zero-order chi connectivity index (χ0) is 10.8. The van der Waals surface area contributed by atoms with Gasteiger partial charge in [-0.25, -0.2) is 4.79 Å². The number of aromatic carboxylic acids is 1. The van der Waals surface area contributed by atoms with Gasteiger partial charge in [-0.2, -0.15) is 0 Å². The number of hydrogen-bond acceptors (Lipinski definition) is 3. The van der Waals surface area contributed by atoms with E-state index in [1.165, 1.54) is 0 Å². The highest BCUT2D eigenvalue weighted by atomic mass is 79.9. The molecule has 0 bridgehead atoms. The van der Waals surface area contributed by atoms with Crippen molar-refractivity contribution in [2.24, 2.45) is 0 Å². The summed E-state index contributed by atoms with van der Waals surface area (Å²) in [6.45, 7) is 1.42. The molecule has 1 aromatic rings. The van der Waals surface area contributed by atoms with Crippen LogP contribution in [0.15, 0.2) is 27.6 Å². The lowest BCUT2D eigenvalue weighted by molar-refractivity contribution is 0.0454. The first-order valence-electron chi connectivity index (χ1n) is 4.44. The van der Waals surface area contributed by atoms with Crippen LogP contribution in [0.25, 0.3) is 0 Å². The van der Waals surface area contributed by atoms with Crippen molar-refractivity contribution in [1.29, 1.82) is 0 Å². The van der Waals surface area contributed by atoms with Crippen LogP contribution >= 0.6 is 27.7 Å². The van der Waals surface area contributed by atoms with Gasteiger partial charge in [-0.15, -0.1) is 11.8 Å². The maximum atomic E-state index is 11.0. The first-order valence-corrected chi connectivity index (χ1v) is 6.11. The van der Waals surface area contributed by atoms with Crippen molar-refractivity contribution in [1.82, 2.24) is 0 Å². The highest BCUT2D eigenvalue weighted by Crippen LogP contribution is 2.32. The molecule has 0 amide bonds. The van der Waals surface area contributed by atoms with Crippen molar-refractivity contribution in [3.8, 4) is 0 Å². The number of thioether (sulfide) groups is 1. The molecular weight excluding hydrogens is 280 g/mol. The second kappa shape index (κ2) is 4.55. The van der Waals surface area contributed by atoms with Gasteiger partial charge in [0.1, 0.15) is 0 Å². The Morgan fingerprint density at radius 1 is 1.53 bits per heavy atom. The molecule has 1 saturated heterocycles. The maximum absolute atomic E-state index is 11.0. The molecule has 1 fully saturated rings. The minimum absolute atomic E-state index is 0.348. The van der Waals surface area contributed by atoms with Gasteiger partial charge < -0.3 is 9.84 Å². The molecule has 1 aliphatic heterocycles. The number of carboxylic acid groups (broad SMARTS) is 1. The summed E-state index contributed by atoms with van der Waals surface area (Å²) in [5.41, 5.74) is 0.348. The van der Waals surface area contributed by atoms with Gasteiger partial charge in [0.25, 0.3) is 0 Å². The van der Waals surface area contributed by atoms with Crippen LogP contribution < -0.4 is 0 Å². The van der Waals surface area contributed by atoms with E-state index in [9.17, 15) is 4.79 Å². The summed E-state index contributed by atoms with van der Waals surface area (Å²) in [6, 6.07) is 5.31. The molecule has 1 heterocycles. The molecule has 1 aliphatic rings. The summed E-state index contributed by atoms with van der Waals surface area (Å²) < 4.78 is 5.84. The van der Waals surface area contributed by atoms with Crippen LogP contribution in [0.1, 0.15) is 10.4 Å². The zero-order valence-corrected chi connectivity index (χ0v) is 10.2. The van der Waals surface area contributed by atoms with Crippen molar-refractivity contribution >= 4 is 33.7 Å². The molecule has 15 heavy (non-hydrogen) atoms. The van der Waals surface area contributed by atoms with Crippen molar-refractivity contribution in [2.75, 3.05) is 13.2 Å². The molecule has 0 radical (unpaired) electrons. The van der Waals surface area contributed by atoms with Gasteiger partial charge in [0.15, 0.2) is 0 Å². The van der Waals surface area contributed by atoms with E-state index in [-0.39, 0.29) is 0 Å². The molecule has 2 rings (SSSR count). The van der Waals surface area contributed by atoms with E-state index < -0.39 is 5.97 Å². The molecule has 80 valence electrons. The molecule has 0 aromatic heterocycles. The summed E-state index contributed by atoms with van der Waals surface area (Å²) in [6.07, 6.45) is 0. The second-order valence-corrected chi connectivity index (χ2v) is 5.48. The van der Waals surface area contributed by atoms with Gasteiger partial charge >= 0.3 is 5.97 Å². The first-order chi connectivity index (χ1) is 7.16. The molecule has 1 aromatic carbocycles. The fraction of sp³-hybridized carbons (Fsp3) is 0.300. The molecule has 0 atom stereocenters. The van der Waals surface area contributed by atoms with Crippen molar-refractivity contribution < 1.29 is 14.6 Å². The summed E-state index contributed by atoms with van der Waals surface area (Å²) in [5.74, 6) is -0.890. The quantitative estimate of drug-likeness (QED) is 0.929. The van der Waals surface area contributed by atoms with Crippen LogP contribution in [0.2, 0.25) is 0 Å². The van der Waals surface area contributed by atoms with E-state index in [0.717, 1.165) is 9.37 Å². The second-order valence-electron chi connectivity index (χ2n) is 3.22. The third kappa shape index (κ3) is 2.53. The van der Waals surface area contributed by atoms with Gasteiger partial charge in [0.2, 0.25) is 0 Å². The lowest BCUT2D eigenvalue weighted by atomic mass is 10.2.